The molecule has 2 aromatic carbocycles. The molecular formula is C17H17N3O2. The summed E-state index contributed by atoms with van der Waals surface area (Å²) in [4.78, 5) is 23.7. The molecule has 0 heterocycles. The first-order valence-corrected chi connectivity index (χ1v) is 7.25. The topological polar surface area (TPSA) is 70.2 Å². The van der Waals surface area contributed by atoms with Gasteiger partial charge in [0.15, 0.2) is 0 Å². The smallest absolute Gasteiger partial charge is 0.323 e. The van der Waals surface area contributed by atoms with Crippen molar-refractivity contribution < 1.29 is 9.59 Å². The fourth-order valence-electron chi connectivity index (χ4n) is 2.08. The number of para-hydroxylation sites is 1. The SMILES string of the molecule is O=C(Nc1ccccc1)Nc1cccc(NC(=O)C2CC2)c1. The van der Waals surface area contributed by atoms with E-state index in [1.165, 1.54) is 0 Å². The summed E-state index contributed by atoms with van der Waals surface area (Å²) in [5, 5.41) is 8.35. The van der Waals surface area contributed by atoms with Gasteiger partial charge in [0.05, 0.1) is 0 Å². The van der Waals surface area contributed by atoms with Crippen LogP contribution in [0.4, 0.5) is 21.9 Å². The van der Waals surface area contributed by atoms with Gasteiger partial charge in [0.25, 0.3) is 0 Å². The van der Waals surface area contributed by atoms with Crippen LogP contribution in [-0.4, -0.2) is 11.9 Å². The molecule has 5 nitrogen and oxygen atoms in total. The first-order valence-electron chi connectivity index (χ1n) is 7.25. The van der Waals surface area contributed by atoms with Crippen LogP contribution in [-0.2, 0) is 4.79 Å². The van der Waals surface area contributed by atoms with Crippen LogP contribution in [0, 0.1) is 5.92 Å². The van der Waals surface area contributed by atoms with Crippen LogP contribution >= 0.6 is 0 Å². The van der Waals surface area contributed by atoms with E-state index in [4.69, 9.17) is 0 Å². The Labute approximate surface area is 128 Å². The number of carbonyl (C=O) groups excluding carboxylic acids is 2. The average Bonchev–Trinajstić information content (AvgIpc) is 3.33. The molecule has 22 heavy (non-hydrogen) atoms. The van der Waals surface area contributed by atoms with Crippen molar-refractivity contribution in [1.29, 1.82) is 0 Å². The Bertz CT molecular complexity index is 681. The number of hydrogen-bond acceptors (Lipinski definition) is 2. The van der Waals surface area contributed by atoms with Gasteiger partial charge >= 0.3 is 6.03 Å². The summed E-state index contributed by atoms with van der Waals surface area (Å²) in [6, 6.07) is 16.0. The zero-order valence-corrected chi connectivity index (χ0v) is 12.0. The van der Waals surface area contributed by atoms with Gasteiger partial charge in [0.1, 0.15) is 0 Å². The van der Waals surface area contributed by atoms with E-state index in [0.29, 0.717) is 11.4 Å². The maximum Gasteiger partial charge on any atom is 0.323 e. The van der Waals surface area contributed by atoms with Crippen molar-refractivity contribution in [2.45, 2.75) is 12.8 Å². The molecule has 0 bridgehead atoms. The van der Waals surface area contributed by atoms with Gasteiger partial charge in [0, 0.05) is 23.0 Å². The number of amides is 3. The minimum absolute atomic E-state index is 0.0471. The molecule has 0 radical (unpaired) electrons. The third-order valence-corrected chi connectivity index (χ3v) is 3.37. The van der Waals surface area contributed by atoms with E-state index >= 15 is 0 Å². The van der Waals surface area contributed by atoms with Crippen LogP contribution in [0.3, 0.4) is 0 Å². The highest BCUT2D eigenvalue weighted by molar-refractivity contribution is 6.00. The lowest BCUT2D eigenvalue weighted by molar-refractivity contribution is -0.117. The van der Waals surface area contributed by atoms with Crippen molar-refractivity contribution in [3.63, 3.8) is 0 Å². The van der Waals surface area contributed by atoms with E-state index in [1.807, 2.05) is 30.3 Å². The maximum atomic E-state index is 11.9. The summed E-state index contributed by atoms with van der Waals surface area (Å²) in [5.74, 6) is 0.198. The van der Waals surface area contributed by atoms with Gasteiger partial charge in [-0.05, 0) is 43.2 Å². The van der Waals surface area contributed by atoms with E-state index in [2.05, 4.69) is 16.0 Å². The van der Waals surface area contributed by atoms with Gasteiger partial charge in [-0.15, -0.1) is 0 Å². The molecule has 1 aliphatic rings. The van der Waals surface area contributed by atoms with Crippen LogP contribution < -0.4 is 16.0 Å². The Hall–Kier alpha value is -2.82. The van der Waals surface area contributed by atoms with E-state index in [-0.39, 0.29) is 17.9 Å². The minimum Gasteiger partial charge on any atom is -0.326 e. The quantitative estimate of drug-likeness (QED) is 0.805. The standard InChI is InChI=1S/C17H17N3O2/c21-16(12-9-10-12)18-14-7-4-8-15(11-14)20-17(22)19-13-5-2-1-3-6-13/h1-8,11-12H,9-10H2,(H,18,21)(H2,19,20,22). The normalized spacial score (nSPS) is 13.3. The summed E-state index contributed by atoms with van der Waals surface area (Å²) in [6.07, 6.45) is 1.92. The molecule has 0 unspecified atom stereocenters. The molecule has 0 aromatic heterocycles. The second kappa shape index (κ2) is 6.30. The lowest BCUT2D eigenvalue weighted by Crippen LogP contribution is -2.19. The molecule has 2 aromatic rings. The third kappa shape index (κ3) is 3.85. The summed E-state index contributed by atoms with van der Waals surface area (Å²) in [7, 11) is 0. The first kappa shape index (κ1) is 14.1. The van der Waals surface area contributed by atoms with Crippen molar-refractivity contribution in [2.24, 2.45) is 5.92 Å². The molecule has 0 saturated heterocycles. The Morgan fingerprint density at radius 3 is 2.05 bits per heavy atom. The molecule has 3 amide bonds. The van der Waals surface area contributed by atoms with Crippen molar-refractivity contribution in [1.82, 2.24) is 0 Å². The lowest BCUT2D eigenvalue weighted by atomic mass is 10.2. The van der Waals surface area contributed by atoms with Crippen LogP contribution in [0.1, 0.15) is 12.8 Å². The van der Waals surface area contributed by atoms with Gasteiger partial charge in [-0.3, -0.25) is 4.79 Å². The molecule has 3 N–H and O–H groups in total. The van der Waals surface area contributed by atoms with E-state index in [1.54, 1.807) is 24.3 Å². The van der Waals surface area contributed by atoms with Crippen molar-refractivity contribution in [2.75, 3.05) is 16.0 Å². The number of hydrogen-bond donors (Lipinski definition) is 3. The number of carbonyl (C=O) groups is 2. The van der Waals surface area contributed by atoms with E-state index in [9.17, 15) is 9.59 Å². The first-order chi connectivity index (χ1) is 10.7. The number of nitrogens with one attached hydrogen (secondary N) is 3. The Balaban J connectivity index is 1.59. The monoisotopic (exact) mass is 295 g/mol. The molecule has 0 atom stereocenters. The van der Waals surface area contributed by atoms with E-state index in [0.717, 1.165) is 18.5 Å². The zero-order valence-electron chi connectivity index (χ0n) is 12.0. The molecule has 5 heteroatoms. The highest BCUT2D eigenvalue weighted by Crippen LogP contribution is 2.30. The molecule has 1 saturated carbocycles. The van der Waals surface area contributed by atoms with E-state index < -0.39 is 0 Å². The van der Waals surface area contributed by atoms with Crippen molar-refractivity contribution >= 4 is 29.0 Å². The highest BCUT2D eigenvalue weighted by atomic mass is 16.2. The summed E-state index contributed by atoms with van der Waals surface area (Å²) < 4.78 is 0. The maximum absolute atomic E-state index is 11.9. The molecular weight excluding hydrogens is 278 g/mol. The summed E-state index contributed by atoms with van der Waals surface area (Å²) in [6.45, 7) is 0. The summed E-state index contributed by atoms with van der Waals surface area (Å²) in [5.41, 5.74) is 2.04. The minimum atomic E-state index is -0.322. The highest BCUT2D eigenvalue weighted by Gasteiger charge is 2.29. The molecule has 1 fully saturated rings. The van der Waals surface area contributed by atoms with Crippen LogP contribution in [0.2, 0.25) is 0 Å². The second-order valence-electron chi connectivity index (χ2n) is 5.29. The van der Waals surface area contributed by atoms with Gasteiger partial charge < -0.3 is 16.0 Å². The number of rotatable bonds is 4. The average molecular weight is 295 g/mol. The predicted octanol–water partition coefficient (Wildman–Crippen LogP) is 3.68. The van der Waals surface area contributed by atoms with Crippen molar-refractivity contribution in [3.8, 4) is 0 Å². The molecule has 1 aliphatic carbocycles. The summed E-state index contributed by atoms with van der Waals surface area (Å²) >= 11 is 0. The van der Waals surface area contributed by atoms with Gasteiger partial charge in [-0.1, -0.05) is 24.3 Å². The fourth-order valence-corrected chi connectivity index (χ4v) is 2.08. The lowest BCUT2D eigenvalue weighted by Gasteiger charge is -2.09. The number of benzene rings is 2. The van der Waals surface area contributed by atoms with Gasteiger partial charge in [-0.25, -0.2) is 4.79 Å². The van der Waals surface area contributed by atoms with Gasteiger partial charge in [0.2, 0.25) is 5.91 Å². The molecule has 0 spiro atoms. The Morgan fingerprint density at radius 2 is 1.36 bits per heavy atom. The van der Waals surface area contributed by atoms with Crippen LogP contribution in [0.5, 0.6) is 0 Å². The largest absolute Gasteiger partial charge is 0.326 e. The Kier molecular flexibility index (Phi) is 4.05. The zero-order chi connectivity index (χ0) is 15.4. The predicted molar refractivity (Wildman–Crippen MR) is 86.9 cm³/mol. The van der Waals surface area contributed by atoms with Crippen LogP contribution in [0.15, 0.2) is 54.6 Å². The second-order valence-corrected chi connectivity index (χ2v) is 5.29. The molecule has 3 rings (SSSR count). The van der Waals surface area contributed by atoms with Crippen LogP contribution in [0.25, 0.3) is 0 Å². The Morgan fingerprint density at radius 1 is 0.773 bits per heavy atom. The fraction of sp³-hybridized carbons (Fsp3) is 0.176. The molecule has 112 valence electrons. The van der Waals surface area contributed by atoms with Crippen molar-refractivity contribution in [3.05, 3.63) is 54.6 Å². The number of anilines is 3. The third-order valence-electron chi connectivity index (χ3n) is 3.37. The van der Waals surface area contributed by atoms with Gasteiger partial charge in [-0.2, -0.15) is 0 Å². The number of urea groups is 1. The molecule has 0 aliphatic heterocycles.